The number of thiazole rings is 1. The van der Waals surface area contributed by atoms with Crippen molar-refractivity contribution in [1.82, 2.24) is 15.0 Å². The van der Waals surface area contributed by atoms with Gasteiger partial charge < -0.3 is 16.8 Å². The summed E-state index contributed by atoms with van der Waals surface area (Å²) < 4.78 is 38.5. The third-order valence-corrected chi connectivity index (χ3v) is 5.69. The molecule has 0 amide bonds. The number of fused-ring (bicyclic) bond motifs is 1. The minimum atomic E-state index is -4.43. The highest BCUT2D eigenvalue weighted by Gasteiger charge is 2.30. The molecule has 0 bridgehead atoms. The van der Waals surface area contributed by atoms with E-state index < -0.39 is 11.7 Å². The van der Waals surface area contributed by atoms with Crippen molar-refractivity contribution in [2.24, 2.45) is 5.73 Å². The maximum absolute atomic E-state index is 12.8. The number of alkyl halides is 3. The van der Waals surface area contributed by atoms with Crippen LogP contribution in [0.15, 0.2) is 36.4 Å². The van der Waals surface area contributed by atoms with E-state index in [-0.39, 0.29) is 23.3 Å². The summed E-state index contributed by atoms with van der Waals surface area (Å²) in [6.45, 7) is 0.256. The Morgan fingerprint density at radius 3 is 2.23 bits per heavy atom. The average molecular weight is 485 g/mol. The number of hydrogen-bond donors (Lipinski definition) is 3. The summed E-state index contributed by atoms with van der Waals surface area (Å²) in [4.78, 5) is 13.6. The van der Waals surface area contributed by atoms with Crippen LogP contribution in [-0.4, -0.2) is 15.0 Å². The van der Waals surface area contributed by atoms with E-state index in [4.69, 9.17) is 34.7 Å². The Balaban J connectivity index is 1.81. The van der Waals surface area contributed by atoms with E-state index in [1.807, 2.05) is 0 Å². The molecule has 0 radical (unpaired) electrons. The van der Waals surface area contributed by atoms with Gasteiger partial charge in [-0.25, -0.2) is 15.0 Å². The molecule has 0 atom stereocenters. The zero-order valence-electron chi connectivity index (χ0n) is 15.5. The summed E-state index contributed by atoms with van der Waals surface area (Å²) in [6.07, 6.45) is -4.43. The van der Waals surface area contributed by atoms with Crippen LogP contribution in [0.2, 0.25) is 10.0 Å². The zero-order valence-corrected chi connectivity index (χ0v) is 17.8. The summed E-state index contributed by atoms with van der Waals surface area (Å²) in [5.74, 6) is 0.465. The molecule has 2 aromatic heterocycles. The van der Waals surface area contributed by atoms with Crippen molar-refractivity contribution in [3.05, 3.63) is 57.6 Å². The molecule has 0 saturated heterocycles. The lowest BCUT2D eigenvalue weighted by molar-refractivity contribution is -0.137. The molecule has 0 aliphatic rings. The van der Waals surface area contributed by atoms with Gasteiger partial charge in [-0.2, -0.15) is 13.2 Å². The number of nitrogens with one attached hydrogen (secondary N) is 1. The molecule has 0 saturated carbocycles. The Morgan fingerprint density at radius 2 is 1.65 bits per heavy atom. The number of halogens is 5. The normalized spacial score (nSPS) is 11.8. The van der Waals surface area contributed by atoms with Crippen LogP contribution in [-0.2, 0) is 12.7 Å². The lowest BCUT2D eigenvalue weighted by Gasteiger charge is -2.12. The van der Waals surface area contributed by atoms with Gasteiger partial charge in [0, 0.05) is 12.2 Å². The first-order valence-electron chi connectivity index (χ1n) is 8.72. The third kappa shape index (κ3) is 4.38. The second-order valence-corrected chi connectivity index (χ2v) is 8.26. The van der Waals surface area contributed by atoms with Gasteiger partial charge in [-0.3, -0.25) is 0 Å². The summed E-state index contributed by atoms with van der Waals surface area (Å²) in [5, 5.41) is 3.85. The second-order valence-electron chi connectivity index (χ2n) is 6.44. The highest BCUT2D eigenvalue weighted by Crippen LogP contribution is 2.38. The first-order valence-corrected chi connectivity index (χ1v) is 10.3. The molecular weight excluding hydrogens is 472 g/mol. The molecule has 5 N–H and O–H groups in total. The fourth-order valence-electron chi connectivity index (χ4n) is 2.87. The molecule has 0 unspecified atom stereocenters. The number of benzene rings is 2. The molecule has 0 aliphatic heterocycles. The van der Waals surface area contributed by atoms with E-state index >= 15 is 0 Å². The minimum Gasteiger partial charge on any atom is -0.375 e. The van der Waals surface area contributed by atoms with Crippen LogP contribution < -0.4 is 16.8 Å². The monoisotopic (exact) mass is 484 g/mol. The van der Waals surface area contributed by atoms with Crippen LogP contribution in [0, 0.1) is 0 Å². The maximum Gasteiger partial charge on any atom is 0.416 e. The summed E-state index contributed by atoms with van der Waals surface area (Å²) in [6, 6.07) is 7.86. The van der Waals surface area contributed by atoms with Crippen LogP contribution in [0.5, 0.6) is 0 Å². The molecule has 6 nitrogen and oxygen atoms in total. The SMILES string of the molecule is NCc1cc(Cl)c(-c2nc(Nc3ccc(C(F)(F)F)cc3)c3nc(N)sc3n2)c(Cl)c1. The quantitative estimate of drug-likeness (QED) is 0.335. The van der Waals surface area contributed by atoms with Gasteiger partial charge in [-0.1, -0.05) is 34.5 Å². The summed E-state index contributed by atoms with van der Waals surface area (Å²) in [7, 11) is 0. The van der Waals surface area contributed by atoms with Crippen LogP contribution in [0.3, 0.4) is 0 Å². The van der Waals surface area contributed by atoms with Gasteiger partial charge in [0.2, 0.25) is 0 Å². The minimum absolute atomic E-state index is 0.212. The molecule has 2 aromatic carbocycles. The Morgan fingerprint density at radius 1 is 1.00 bits per heavy atom. The van der Waals surface area contributed by atoms with Crippen molar-refractivity contribution in [2.75, 3.05) is 11.1 Å². The highest BCUT2D eigenvalue weighted by molar-refractivity contribution is 7.21. The average Bonchev–Trinajstić information content (AvgIpc) is 3.07. The molecule has 2 heterocycles. The van der Waals surface area contributed by atoms with E-state index in [2.05, 4.69) is 20.3 Å². The fourth-order valence-corrected chi connectivity index (χ4v) is 4.28. The maximum atomic E-state index is 12.8. The number of rotatable bonds is 4. The molecule has 31 heavy (non-hydrogen) atoms. The van der Waals surface area contributed by atoms with Crippen molar-refractivity contribution in [3.8, 4) is 11.4 Å². The number of nitrogens with zero attached hydrogens (tertiary/aromatic N) is 3. The van der Waals surface area contributed by atoms with Gasteiger partial charge in [0.15, 0.2) is 21.6 Å². The van der Waals surface area contributed by atoms with Crippen LogP contribution in [0.1, 0.15) is 11.1 Å². The molecule has 12 heteroatoms. The van der Waals surface area contributed by atoms with E-state index in [1.165, 1.54) is 12.1 Å². The van der Waals surface area contributed by atoms with E-state index in [0.717, 1.165) is 29.0 Å². The third-order valence-electron chi connectivity index (χ3n) is 4.31. The van der Waals surface area contributed by atoms with Gasteiger partial charge in [0.05, 0.1) is 21.2 Å². The van der Waals surface area contributed by atoms with Gasteiger partial charge >= 0.3 is 6.18 Å². The number of anilines is 3. The Kier molecular flexibility index (Phi) is 5.65. The highest BCUT2D eigenvalue weighted by atomic mass is 35.5. The molecule has 4 rings (SSSR count). The predicted octanol–water partition coefficient (Wildman–Crippen LogP) is 5.86. The standard InChI is InChI=1S/C19H13Cl2F3N6S/c20-11-5-8(7-25)6-12(21)13(11)15-29-16(14-17(30-15)31-18(26)28-14)27-10-3-1-9(2-4-10)19(22,23)24/h1-6H,7,25H2,(H2,26,28)(H,27,29,30). The number of nitrogen functional groups attached to an aromatic ring is 1. The van der Waals surface area contributed by atoms with Crippen LogP contribution >= 0.6 is 34.5 Å². The number of hydrogen-bond acceptors (Lipinski definition) is 7. The topological polar surface area (TPSA) is 103 Å². The largest absolute Gasteiger partial charge is 0.416 e. The van der Waals surface area contributed by atoms with Crippen molar-refractivity contribution in [3.63, 3.8) is 0 Å². The first-order chi connectivity index (χ1) is 14.7. The Labute approximate surface area is 188 Å². The summed E-state index contributed by atoms with van der Waals surface area (Å²) in [5.41, 5.74) is 12.6. The van der Waals surface area contributed by atoms with Crippen LogP contribution in [0.4, 0.5) is 29.8 Å². The summed E-state index contributed by atoms with van der Waals surface area (Å²) >= 11 is 13.9. The molecule has 4 aromatic rings. The van der Waals surface area contributed by atoms with Gasteiger partial charge in [0.25, 0.3) is 0 Å². The number of aromatic nitrogens is 3. The van der Waals surface area contributed by atoms with Gasteiger partial charge in [-0.15, -0.1) is 0 Å². The van der Waals surface area contributed by atoms with E-state index in [9.17, 15) is 13.2 Å². The second kappa shape index (κ2) is 8.12. The Hall–Kier alpha value is -2.66. The molecule has 0 aliphatic carbocycles. The van der Waals surface area contributed by atoms with Crippen molar-refractivity contribution in [1.29, 1.82) is 0 Å². The predicted molar refractivity (Wildman–Crippen MR) is 118 cm³/mol. The molecule has 160 valence electrons. The molecule has 0 spiro atoms. The number of nitrogens with two attached hydrogens (primary N) is 2. The molecular formula is C19H13Cl2F3N6S. The Bertz CT molecular complexity index is 1250. The van der Waals surface area contributed by atoms with E-state index in [1.54, 1.807) is 12.1 Å². The van der Waals surface area contributed by atoms with Crippen LogP contribution in [0.25, 0.3) is 21.7 Å². The smallest absolute Gasteiger partial charge is 0.375 e. The van der Waals surface area contributed by atoms with Crippen molar-refractivity contribution in [2.45, 2.75) is 12.7 Å². The first kappa shape index (κ1) is 21.6. The zero-order chi connectivity index (χ0) is 22.3. The van der Waals surface area contributed by atoms with E-state index in [0.29, 0.717) is 31.6 Å². The fraction of sp³-hybridized carbons (Fsp3) is 0.105. The van der Waals surface area contributed by atoms with Crippen molar-refractivity contribution >= 4 is 61.5 Å². The van der Waals surface area contributed by atoms with Gasteiger partial charge in [-0.05, 0) is 42.0 Å². The van der Waals surface area contributed by atoms with Crippen molar-refractivity contribution < 1.29 is 13.2 Å². The van der Waals surface area contributed by atoms with Gasteiger partial charge in [0.1, 0.15) is 5.52 Å². The molecule has 0 fully saturated rings. The lowest BCUT2D eigenvalue weighted by atomic mass is 10.1. The lowest BCUT2D eigenvalue weighted by Crippen LogP contribution is -2.05.